The van der Waals surface area contributed by atoms with Crippen LogP contribution < -0.4 is 31.1 Å². The van der Waals surface area contributed by atoms with Gasteiger partial charge in [0.25, 0.3) is 6.71 Å². The van der Waals surface area contributed by atoms with Gasteiger partial charge in [-0.05, 0) is 165 Å². The molecule has 4 atom stereocenters. The first-order chi connectivity index (χ1) is 40.8. The molecule has 0 N–H and O–H groups in total. The Hall–Kier alpha value is -7.24. The minimum atomic E-state index is -0.261. The summed E-state index contributed by atoms with van der Waals surface area (Å²) in [4.78, 5) is 8.49. The van der Waals surface area contributed by atoms with Crippen molar-refractivity contribution < 1.29 is 0 Å². The number of benzene rings is 8. The van der Waals surface area contributed by atoms with Gasteiger partial charge < -0.3 is 19.3 Å². The third kappa shape index (κ3) is 6.95. The van der Waals surface area contributed by atoms with Gasteiger partial charge in [-0.2, -0.15) is 0 Å². The van der Waals surface area contributed by atoms with Gasteiger partial charge in [-0.1, -0.05) is 225 Å². The Kier molecular flexibility index (Phi) is 11.0. The van der Waals surface area contributed by atoms with Crippen LogP contribution >= 0.6 is 0 Å². The van der Waals surface area contributed by atoms with E-state index in [-0.39, 0.29) is 50.3 Å². The van der Waals surface area contributed by atoms with Gasteiger partial charge in [-0.15, -0.1) is 0 Å². The van der Waals surface area contributed by atoms with Crippen LogP contribution in [0, 0.1) is 0 Å². The van der Waals surface area contributed by atoms with Crippen molar-refractivity contribution in [3.8, 4) is 27.9 Å². The highest BCUT2D eigenvalue weighted by Gasteiger charge is 2.60. The smallest absolute Gasteiger partial charge is 0.252 e. The quantitative estimate of drug-likeness (QED) is 0.163. The van der Waals surface area contributed by atoms with Gasteiger partial charge in [0.1, 0.15) is 0 Å². The van der Waals surface area contributed by atoms with Gasteiger partial charge in [0, 0.05) is 83.8 Å². The first kappa shape index (κ1) is 54.2. The summed E-state index contributed by atoms with van der Waals surface area (Å²) < 4.78 is 2.80. The third-order valence-electron chi connectivity index (χ3n) is 23.9. The summed E-state index contributed by atoms with van der Waals surface area (Å²) in [5.74, 6) is 0. The Morgan fingerprint density at radius 2 is 0.942 bits per heavy atom. The molecule has 1 aromatic heterocycles. The molecule has 2 fully saturated rings. The van der Waals surface area contributed by atoms with E-state index in [9.17, 15) is 0 Å². The summed E-state index contributed by atoms with van der Waals surface area (Å²) in [6, 6.07) is 63.7. The fourth-order valence-corrected chi connectivity index (χ4v) is 18.7. The molecule has 4 aliphatic heterocycles. The van der Waals surface area contributed by atoms with Crippen molar-refractivity contribution >= 4 is 73.8 Å². The van der Waals surface area contributed by atoms with Gasteiger partial charge in [0.2, 0.25) is 0 Å². The molecule has 3 aliphatic carbocycles. The summed E-state index contributed by atoms with van der Waals surface area (Å²) in [5, 5.41) is 1.36. The molecular formula is C81H87BN4. The number of hydrogen-bond acceptors (Lipinski definition) is 3. The molecule has 16 rings (SSSR count). The second-order valence-electron chi connectivity index (χ2n) is 32.0. The maximum Gasteiger partial charge on any atom is 0.252 e. The lowest BCUT2D eigenvalue weighted by Gasteiger charge is -2.51. The van der Waals surface area contributed by atoms with Crippen molar-refractivity contribution in [1.82, 2.24) is 4.57 Å². The van der Waals surface area contributed by atoms with Gasteiger partial charge in [0.15, 0.2) is 0 Å². The van der Waals surface area contributed by atoms with Gasteiger partial charge in [-0.25, -0.2) is 0 Å². The van der Waals surface area contributed by atoms with Gasteiger partial charge >= 0.3 is 0 Å². The Balaban J connectivity index is 1.05. The number of anilines is 7. The summed E-state index contributed by atoms with van der Waals surface area (Å²) in [5.41, 5.74) is 30.6. The van der Waals surface area contributed by atoms with Crippen molar-refractivity contribution in [2.45, 2.75) is 199 Å². The Labute approximate surface area is 513 Å². The van der Waals surface area contributed by atoms with E-state index in [1.54, 1.807) is 0 Å². The van der Waals surface area contributed by atoms with Crippen molar-refractivity contribution in [2.75, 3.05) is 14.7 Å². The SMILES string of the molecule is CC(C)(C)c1ccc(N2c3cc(N4c5ccc(C(C)(C)C)cc5C5(C)CCCCC45C)ccc3B3c4c2cc(N2c5ccc(C(C)(C)C)cc5C5(C)CCCCC25C)cc4-n2c4c(c5cccc3c52)-c2ccccc2C4(C)C)c(-c2ccccc2)c1. The van der Waals surface area contributed by atoms with Crippen molar-refractivity contribution in [3.05, 3.63) is 197 Å². The minimum absolute atomic E-state index is 0.0162. The van der Waals surface area contributed by atoms with E-state index in [4.69, 9.17) is 0 Å². The molecule has 4 unspecified atom stereocenters. The molecule has 0 amide bonds. The number of fused-ring (bicyclic) bond motifs is 15. The van der Waals surface area contributed by atoms with Crippen LogP contribution in [-0.4, -0.2) is 22.4 Å². The molecule has 5 heteroatoms. The maximum atomic E-state index is 2.88. The van der Waals surface area contributed by atoms with Crippen LogP contribution in [0.4, 0.5) is 39.8 Å². The van der Waals surface area contributed by atoms with Crippen molar-refractivity contribution in [3.63, 3.8) is 0 Å². The lowest BCUT2D eigenvalue weighted by atomic mass is 9.33. The van der Waals surface area contributed by atoms with Crippen molar-refractivity contribution in [2.24, 2.45) is 0 Å². The standard InChI is InChI=1S/C81H87BN4/c1-74(2,3)51-32-37-64(58(44-51)50-26-17-16-18-27-50)83-67-47-54(85-65-38-33-52(75(4,5)6)45-60(65)78(12)40-21-23-42-80(78,85)14)35-36-62(67)82-63-31-25-29-57-70-56-28-19-20-30-59(56)77(10,11)73(70)84(72(57)63)69-49-55(48-68(83)71(69)82)86-66-39-34-53(76(7,8)9)46-61(66)79(13)41-22-24-43-81(79,86)15/h16-20,25-39,44-49H,21-24,40-43H2,1-15H3. The lowest BCUT2D eigenvalue weighted by molar-refractivity contribution is 0.195. The molecule has 86 heavy (non-hydrogen) atoms. The van der Waals surface area contributed by atoms with Crippen LogP contribution in [0.15, 0.2) is 158 Å². The van der Waals surface area contributed by atoms with Crippen LogP contribution in [0.5, 0.6) is 0 Å². The maximum absolute atomic E-state index is 2.88. The van der Waals surface area contributed by atoms with Gasteiger partial charge in [0.05, 0.1) is 16.8 Å². The normalized spacial score (nSPS) is 23.8. The Morgan fingerprint density at radius 1 is 0.407 bits per heavy atom. The second-order valence-corrected chi connectivity index (χ2v) is 32.0. The van der Waals surface area contributed by atoms with E-state index in [1.165, 1.54) is 173 Å². The lowest BCUT2D eigenvalue weighted by Crippen LogP contribution is -2.61. The molecule has 0 radical (unpaired) electrons. The molecule has 0 bridgehead atoms. The van der Waals surface area contributed by atoms with E-state index in [1.807, 2.05) is 0 Å². The third-order valence-corrected chi connectivity index (χ3v) is 23.9. The monoisotopic (exact) mass is 1130 g/mol. The second kappa shape index (κ2) is 17.5. The highest BCUT2D eigenvalue weighted by molar-refractivity contribution is 7.00. The number of nitrogens with zero attached hydrogens (tertiary/aromatic N) is 4. The molecule has 9 aromatic rings. The van der Waals surface area contributed by atoms with Crippen LogP contribution in [0.1, 0.15) is 194 Å². The van der Waals surface area contributed by atoms with E-state index in [0.29, 0.717) is 0 Å². The molecule has 0 saturated heterocycles. The van der Waals surface area contributed by atoms with Gasteiger partial charge in [-0.3, -0.25) is 0 Å². The van der Waals surface area contributed by atoms with Crippen LogP contribution in [0.25, 0.3) is 38.8 Å². The molecule has 5 heterocycles. The first-order valence-corrected chi connectivity index (χ1v) is 32.8. The van der Waals surface area contributed by atoms with Crippen LogP contribution in [0.2, 0.25) is 0 Å². The Morgan fingerprint density at radius 3 is 1.56 bits per heavy atom. The fraction of sp³-hybridized carbons (Fsp3) is 0.383. The predicted octanol–water partition coefficient (Wildman–Crippen LogP) is 19.6. The van der Waals surface area contributed by atoms with E-state index in [2.05, 4.69) is 281 Å². The van der Waals surface area contributed by atoms with E-state index < -0.39 is 0 Å². The van der Waals surface area contributed by atoms with Crippen LogP contribution in [-0.2, 0) is 32.5 Å². The minimum Gasteiger partial charge on any atom is -0.334 e. The average molecular weight is 1130 g/mol. The molecule has 7 aliphatic rings. The van der Waals surface area contributed by atoms with E-state index >= 15 is 0 Å². The van der Waals surface area contributed by atoms with E-state index in [0.717, 1.165) is 12.8 Å². The summed E-state index contributed by atoms with van der Waals surface area (Å²) in [6.07, 6.45) is 9.56. The first-order valence-electron chi connectivity index (χ1n) is 32.8. The molecule has 434 valence electrons. The molecule has 2 saturated carbocycles. The predicted molar refractivity (Wildman–Crippen MR) is 367 cm³/mol. The molecule has 8 aromatic carbocycles. The van der Waals surface area contributed by atoms with Crippen molar-refractivity contribution in [1.29, 1.82) is 0 Å². The topological polar surface area (TPSA) is 14.7 Å². The zero-order valence-electron chi connectivity index (χ0n) is 54.0. The highest BCUT2D eigenvalue weighted by atomic mass is 15.3. The molecule has 4 nitrogen and oxygen atoms in total. The number of hydrogen-bond donors (Lipinski definition) is 0. The summed E-state index contributed by atoms with van der Waals surface area (Å²) >= 11 is 0. The zero-order chi connectivity index (χ0) is 59.8. The molecular weight excluding hydrogens is 1040 g/mol. The Bertz CT molecular complexity index is 4380. The zero-order valence-corrected chi connectivity index (χ0v) is 54.0. The largest absolute Gasteiger partial charge is 0.334 e. The average Bonchev–Trinajstić information content (AvgIpc) is 1.42. The summed E-state index contributed by atoms with van der Waals surface area (Å²) in [7, 11) is 0. The number of para-hydroxylation sites is 1. The fourth-order valence-electron chi connectivity index (χ4n) is 18.7. The number of aromatic nitrogens is 1. The summed E-state index contributed by atoms with van der Waals surface area (Å²) in [6.45, 7) is 36.8. The van der Waals surface area contributed by atoms with Crippen LogP contribution in [0.3, 0.4) is 0 Å². The number of rotatable bonds is 4. The molecule has 0 spiro atoms. The highest BCUT2D eigenvalue weighted by Crippen LogP contribution is 2.65.